The fourth-order valence-corrected chi connectivity index (χ4v) is 5.07. The fraction of sp³-hybridized carbons (Fsp3) is 0.227. The van der Waals surface area contributed by atoms with Gasteiger partial charge in [0.25, 0.3) is 0 Å². The van der Waals surface area contributed by atoms with E-state index in [0.29, 0.717) is 5.82 Å². The normalized spacial score (nSPS) is 14.2. The molecule has 0 radical (unpaired) electrons. The smallest absolute Gasteiger partial charge is 0.164 e. The lowest BCUT2D eigenvalue weighted by Gasteiger charge is -2.19. The van der Waals surface area contributed by atoms with Gasteiger partial charge in [0.2, 0.25) is 0 Å². The van der Waals surface area contributed by atoms with Crippen molar-refractivity contribution in [1.82, 2.24) is 15.0 Å². The lowest BCUT2D eigenvalue weighted by Crippen LogP contribution is -2.16. The average Bonchev–Trinajstić information content (AvgIpc) is 3.34. The summed E-state index contributed by atoms with van der Waals surface area (Å²) in [5.41, 5.74) is 3.29. The Morgan fingerprint density at radius 1 is 1.07 bits per heavy atom. The van der Waals surface area contributed by atoms with Gasteiger partial charge in [-0.3, -0.25) is 4.98 Å². The first kappa shape index (κ1) is 17.3. The highest BCUT2D eigenvalue weighted by atomic mass is 32.1. The number of anilines is 1. The average molecular weight is 388 g/mol. The molecule has 140 valence electrons. The van der Waals surface area contributed by atoms with E-state index in [1.165, 1.54) is 16.9 Å². The van der Waals surface area contributed by atoms with E-state index in [0.717, 1.165) is 40.0 Å². The van der Waals surface area contributed by atoms with Crippen LogP contribution in [-0.2, 0) is 12.8 Å². The molecule has 0 saturated heterocycles. The highest BCUT2D eigenvalue weighted by molar-refractivity contribution is 7.19. The molecule has 1 aromatic carbocycles. The van der Waals surface area contributed by atoms with E-state index in [1.807, 2.05) is 42.5 Å². The number of pyridine rings is 1. The first-order valence-corrected chi connectivity index (χ1v) is 10.3. The lowest BCUT2D eigenvalue weighted by molar-refractivity contribution is 0.276. The molecule has 1 atom stereocenters. The van der Waals surface area contributed by atoms with Gasteiger partial charge in [-0.2, -0.15) is 0 Å². The number of thiophene rings is 1. The molecule has 0 fully saturated rings. The molecule has 4 aromatic rings. The van der Waals surface area contributed by atoms with Gasteiger partial charge in [-0.1, -0.05) is 30.3 Å². The van der Waals surface area contributed by atoms with E-state index in [9.17, 15) is 5.11 Å². The molecule has 0 aliphatic heterocycles. The number of rotatable bonds is 5. The molecular weight excluding hydrogens is 368 g/mol. The van der Waals surface area contributed by atoms with Gasteiger partial charge in [0.05, 0.1) is 18.0 Å². The fourth-order valence-electron chi connectivity index (χ4n) is 3.81. The second kappa shape index (κ2) is 7.30. The maximum atomic E-state index is 10.0. The molecule has 5 rings (SSSR count). The Morgan fingerprint density at radius 2 is 1.96 bits per heavy atom. The van der Waals surface area contributed by atoms with Crippen LogP contribution in [0.5, 0.6) is 0 Å². The van der Waals surface area contributed by atoms with Crippen LogP contribution in [0.15, 0.2) is 54.9 Å². The zero-order valence-corrected chi connectivity index (χ0v) is 16.1. The predicted molar refractivity (Wildman–Crippen MR) is 113 cm³/mol. The number of aliphatic hydroxyl groups excluding tert-OH is 1. The van der Waals surface area contributed by atoms with Crippen LogP contribution >= 0.6 is 11.3 Å². The molecule has 1 aliphatic carbocycles. The van der Waals surface area contributed by atoms with E-state index >= 15 is 0 Å². The Morgan fingerprint density at radius 3 is 2.75 bits per heavy atom. The van der Waals surface area contributed by atoms with Crippen molar-refractivity contribution in [2.75, 3.05) is 11.9 Å². The first-order chi connectivity index (χ1) is 13.8. The quantitative estimate of drug-likeness (QED) is 0.531. The second-order valence-corrected chi connectivity index (χ2v) is 8.05. The van der Waals surface area contributed by atoms with Crippen molar-refractivity contribution in [2.45, 2.75) is 25.3 Å². The Bertz CT molecular complexity index is 1110. The summed E-state index contributed by atoms with van der Waals surface area (Å²) >= 11 is 1.77. The number of aliphatic hydroxyl groups is 1. The Labute approximate surface area is 167 Å². The van der Waals surface area contributed by atoms with Crippen LogP contribution in [0.4, 0.5) is 5.82 Å². The topological polar surface area (TPSA) is 70.9 Å². The Hall–Kier alpha value is -2.83. The summed E-state index contributed by atoms with van der Waals surface area (Å²) in [4.78, 5) is 16.3. The van der Waals surface area contributed by atoms with E-state index in [4.69, 9.17) is 9.97 Å². The third kappa shape index (κ3) is 3.04. The molecule has 6 heteroatoms. The highest BCUT2D eigenvalue weighted by Crippen LogP contribution is 2.41. The molecule has 28 heavy (non-hydrogen) atoms. The van der Waals surface area contributed by atoms with E-state index in [-0.39, 0.29) is 12.6 Å². The summed E-state index contributed by atoms with van der Waals surface area (Å²) < 4.78 is 0. The molecule has 5 nitrogen and oxygen atoms in total. The summed E-state index contributed by atoms with van der Waals surface area (Å²) in [5.74, 6) is 1.46. The highest BCUT2D eigenvalue weighted by Gasteiger charge is 2.24. The molecule has 1 aliphatic rings. The van der Waals surface area contributed by atoms with Gasteiger partial charge in [-0.15, -0.1) is 11.3 Å². The van der Waals surface area contributed by atoms with Gasteiger partial charge in [-0.25, -0.2) is 9.97 Å². The predicted octanol–water partition coefficient (Wildman–Crippen LogP) is 4.39. The number of nitrogens with zero attached hydrogens (tertiary/aromatic N) is 3. The van der Waals surface area contributed by atoms with Gasteiger partial charge in [-0.05, 0) is 42.5 Å². The standard InChI is InChI=1S/C22H20N4OS/c27-13-17(14-6-2-1-3-7-14)24-21-19-16-9-4-10-18(16)28-22(19)26-20(25-21)15-8-5-11-23-12-15/h1-3,5-8,11-12,17,27H,4,9-10,13H2,(H,24,25,26). The zero-order chi connectivity index (χ0) is 18.9. The monoisotopic (exact) mass is 388 g/mol. The van der Waals surface area contributed by atoms with Gasteiger partial charge >= 0.3 is 0 Å². The van der Waals surface area contributed by atoms with Crippen LogP contribution in [0.3, 0.4) is 0 Å². The number of aryl methyl sites for hydroxylation is 2. The van der Waals surface area contributed by atoms with Crippen molar-refractivity contribution >= 4 is 27.4 Å². The third-order valence-electron chi connectivity index (χ3n) is 5.18. The van der Waals surface area contributed by atoms with Gasteiger partial charge in [0, 0.05) is 22.8 Å². The summed E-state index contributed by atoms with van der Waals surface area (Å²) in [6.07, 6.45) is 6.89. The molecule has 3 heterocycles. The van der Waals surface area contributed by atoms with Gasteiger partial charge < -0.3 is 10.4 Å². The molecule has 2 N–H and O–H groups in total. The van der Waals surface area contributed by atoms with E-state index < -0.39 is 0 Å². The van der Waals surface area contributed by atoms with Crippen LogP contribution in [-0.4, -0.2) is 26.7 Å². The molecule has 3 aromatic heterocycles. The van der Waals surface area contributed by atoms with Crippen molar-refractivity contribution in [3.63, 3.8) is 0 Å². The van der Waals surface area contributed by atoms with Crippen LogP contribution in [0, 0.1) is 0 Å². The van der Waals surface area contributed by atoms with Crippen LogP contribution in [0.25, 0.3) is 21.6 Å². The molecule has 0 amide bonds. The number of hydrogen-bond donors (Lipinski definition) is 2. The van der Waals surface area contributed by atoms with E-state index in [2.05, 4.69) is 10.3 Å². The molecule has 1 unspecified atom stereocenters. The van der Waals surface area contributed by atoms with Crippen LogP contribution < -0.4 is 5.32 Å². The second-order valence-electron chi connectivity index (χ2n) is 6.97. The SMILES string of the molecule is OCC(Nc1nc(-c2cccnc2)nc2sc3c(c12)CCC3)c1ccccc1. The number of benzene rings is 1. The number of hydrogen-bond acceptors (Lipinski definition) is 6. The first-order valence-electron chi connectivity index (χ1n) is 9.48. The Kier molecular flexibility index (Phi) is 4.50. The van der Waals surface area contributed by atoms with E-state index in [1.54, 1.807) is 23.7 Å². The van der Waals surface area contributed by atoms with Crippen molar-refractivity contribution in [3.05, 3.63) is 70.9 Å². The molecule has 0 saturated carbocycles. The number of fused-ring (bicyclic) bond motifs is 3. The third-order valence-corrected chi connectivity index (χ3v) is 6.37. The summed E-state index contributed by atoms with van der Waals surface area (Å²) in [6, 6.07) is 13.6. The minimum Gasteiger partial charge on any atom is -0.394 e. The van der Waals surface area contributed by atoms with Crippen molar-refractivity contribution in [2.24, 2.45) is 0 Å². The number of aromatic nitrogens is 3. The van der Waals surface area contributed by atoms with Gasteiger partial charge in [0.1, 0.15) is 10.6 Å². The number of nitrogens with one attached hydrogen (secondary N) is 1. The van der Waals surface area contributed by atoms with Crippen LogP contribution in [0.1, 0.15) is 28.5 Å². The maximum Gasteiger partial charge on any atom is 0.164 e. The minimum atomic E-state index is -0.224. The largest absolute Gasteiger partial charge is 0.394 e. The van der Waals surface area contributed by atoms with Crippen molar-refractivity contribution in [1.29, 1.82) is 0 Å². The summed E-state index contributed by atoms with van der Waals surface area (Å²) in [5, 5.41) is 14.6. The van der Waals surface area contributed by atoms with Gasteiger partial charge in [0.15, 0.2) is 5.82 Å². The lowest BCUT2D eigenvalue weighted by atomic mass is 10.1. The Balaban J connectivity index is 1.65. The maximum absolute atomic E-state index is 10.0. The molecule has 0 bridgehead atoms. The summed E-state index contributed by atoms with van der Waals surface area (Å²) in [6.45, 7) is -0.00986. The van der Waals surface area contributed by atoms with Crippen molar-refractivity contribution in [3.8, 4) is 11.4 Å². The zero-order valence-electron chi connectivity index (χ0n) is 15.3. The minimum absolute atomic E-state index is 0.00986. The molecular formula is C22H20N4OS. The summed E-state index contributed by atoms with van der Waals surface area (Å²) in [7, 11) is 0. The van der Waals surface area contributed by atoms with Crippen molar-refractivity contribution < 1.29 is 5.11 Å². The van der Waals surface area contributed by atoms with Crippen LogP contribution in [0.2, 0.25) is 0 Å². The molecule has 0 spiro atoms.